The summed E-state index contributed by atoms with van der Waals surface area (Å²) >= 11 is 0. The van der Waals surface area contributed by atoms with Gasteiger partial charge in [-0.2, -0.15) is 0 Å². The van der Waals surface area contributed by atoms with Crippen molar-refractivity contribution in [3.63, 3.8) is 0 Å². The number of carbonyl (C=O) groups excluding carboxylic acids is 3. The molecule has 1 unspecified atom stereocenters. The van der Waals surface area contributed by atoms with Gasteiger partial charge < -0.3 is 29.3 Å². The van der Waals surface area contributed by atoms with Gasteiger partial charge in [0, 0.05) is 50.1 Å². The fraction of sp³-hybridized carbons (Fsp3) is 0.464. The van der Waals surface area contributed by atoms with E-state index >= 15 is 0 Å². The average molecular weight is 525 g/mol. The summed E-state index contributed by atoms with van der Waals surface area (Å²) < 4.78 is 16.7. The second kappa shape index (κ2) is 11.8. The molecule has 2 aliphatic rings. The molecule has 204 valence electrons. The second-order valence-electron chi connectivity index (χ2n) is 9.79. The Hall–Kier alpha value is -3.63. The maximum absolute atomic E-state index is 13.8. The van der Waals surface area contributed by atoms with E-state index < -0.39 is 11.8 Å². The highest BCUT2D eigenvalue weighted by Crippen LogP contribution is 2.39. The highest BCUT2D eigenvalue weighted by atomic mass is 16.5. The zero-order valence-corrected chi connectivity index (χ0v) is 22.4. The number of nitrogens with one attached hydrogen (secondary N) is 1. The van der Waals surface area contributed by atoms with Crippen LogP contribution in [0.5, 0.6) is 11.5 Å². The topological polar surface area (TPSA) is 101 Å². The highest BCUT2D eigenvalue weighted by Gasteiger charge is 2.54. The van der Waals surface area contributed by atoms with E-state index in [1.807, 2.05) is 19.0 Å². The van der Waals surface area contributed by atoms with Crippen LogP contribution < -0.4 is 14.8 Å². The molecule has 0 bridgehead atoms. The van der Waals surface area contributed by atoms with Crippen molar-refractivity contribution >= 4 is 17.7 Å². The summed E-state index contributed by atoms with van der Waals surface area (Å²) in [6, 6.07) is 13.1. The number of piperidine rings is 1. The number of amides is 3. The van der Waals surface area contributed by atoms with Gasteiger partial charge >= 0.3 is 0 Å². The van der Waals surface area contributed by atoms with E-state index in [0.717, 1.165) is 0 Å². The lowest BCUT2D eigenvalue weighted by atomic mass is 9.96. The monoisotopic (exact) mass is 524 g/mol. The minimum Gasteiger partial charge on any atom is -0.497 e. The average Bonchev–Trinajstić information content (AvgIpc) is 3.31. The molecule has 38 heavy (non-hydrogen) atoms. The van der Waals surface area contributed by atoms with Crippen molar-refractivity contribution in [2.24, 2.45) is 0 Å². The predicted molar refractivity (Wildman–Crippen MR) is 141 cm³/mol. The Balaban J connectivity index is 1.53. The number of ether oxygens (including phenoxy) is 3. The van der Waals surface area contributed by atoms with Gasteiger partial charge in [0.15, 0.2) is 0 Å². The summed E-state index contributed by atoms with van der Waals surface area (Å²) in [5.41, 5.74) is 0.0361. The van der Waals surface area contributed by atoms with Gasteiger partial charge in [-0.15, -0.1) is 0 Å². The molecule has 1 spiro atoms. The lowest BCUT2D eigenvalue weighted by molar-refractivity contribution is -0.128. The number of rotatable bonds is 8. The Morgan fingerprint density at radius 2 is 1.45 bits per heavy atom. The summed E-state index contributed by atoms with van der Waals surface area (Å²) in [7, 11) is 7.01. The number of hydrogen-bond donors (Lipinski definition) is 1. The van der Waals surface area contributed by atoms with Crippen LogP contribution in [-0.4, -0.2) is 105 Å². The molecular weight excluding hydrogens is 488 g/mol. The Morgan fingerprint density at radius 1 is 0.921 bits per heavy atom. The third kappa shape index (κ3) is 5.76. The third-order valence-corrected chi connectivity index (χ3v) is 7.15. The minimum atomic E-state index is -0.975. The molecule has 3 amide bonds. The van der Waals surface area contributed by atoms with Crippen molar-refractivity contribution in [1.82, 2.24) is 20.0 Å². The molecule has 1 N–H and O–H groups in total. The van der Waals surface area contributed by atoms with E-state index in [-0.39, 0.29) is 24.3 Å². The first kappa shape index (κ1) is 27.4. The zero-order chi connectivity index (χ0) is 27.3. The largest absolute Gasteiger partial charge is 0.497 e. The van der Waals surface area contributed by atoms with Gasteiger partial charge in [-0.25, -0.2) is 0 Å². The molecule has 2 aromatic carbocycles. The van der Waals surface area contributed by atoms with E-state index in [0.29, 0.717) is 61.6 Å². The summed E-state index contributed by atoms with van der Waals surface area (Å²) in [6.45, 7) is 2.03. The summed E-state index contributed by atoms with van der Waals surface area (Å²) in [5, 5.41) is 2.94. The van der Waals surface area contributed by atoms with Crippen molar-refractivity contribution in [1.29, 1.82) is 0 Å². The Morgan fingerprint density at radius 3 is 1.95 bits per heavy atom. The Kier molecular flexibility index (Phi) is 8.53. The molecule has 2 aromatic rings. The molecule has 10 heteroatoms. The van der Waals surface area contributed by atoms with Crippen molar-refractivity contribution in [3.8, 4) is 11.5 Å². The van der Waals surface area contributed by atoms with Crippen LogP contribution in [-0.2, 0) is 9.53 Å². The molecule has 0 saturated carbocycles. The number of likely N-dealkylation sites (tertiary alicyclic amines) is 1. The molecule has 1 atom stereocenters. The van der Waals surface area contributed by atoms with E-state index in [9.17, 15) is 14.4 Å². The fourth-order valence-electron chi connectivity index (χ4n) is 4.94. The van der Waals surface area contributed by atoms with Gasteiger partial charge in [-0.3, -0.25) is 19.3 Å². The van der Waals surface area contributed by atoms with E-state index in [2.05, 4.69) is 5.32 Å². The maximum atomic E-state index is 13.8. The maximum Gasteiger partial charge on any atom is 0.256 e. The number of likely N-dealkylation sites (N-methyl/N-ethyl adjacent to an activating group) is 1. The summed E-state index contributed by atoms with van der Waals surface area (Å²) in [5.74, 6) is 0.694. The van der Waals surface area contributed by atoms with Crippen molar-refractivity contribution in [2.75, 3.05) is 61.1 Å². The third-order valence-electron chi connectivity index (χ3n) is 7.15. The van der Waals surface area contributed by atoms with Crippen molar-refractivity contribution < 1.29 is 28.6 Å². The van der Waals surface area contributed by atoms with Crippen LogP contribution in [0, 0.1) is 0 Å². The number of benzene rings is 2. The fourth-order valence-corrected chi connectivity index (χ4v) is 4.94. The molecule has 2 aliphatic heterocycles. The Labute approximate surface area is 223 Å². The first-order valence-corrected chi connectivity index (χ1v) is 12.8. The van der Waals surface area contributed by atoms with Gasteiger partial charge in [0.2, 0.25) is 5.91 Å². The predicted octanol–water partition coefficient (Wildman–Crippen LogP) is 1.86. The number of nitrogens with zero attached hydrogens (tertiary/aromatic N) is 3. The van der Waals surface area contributed by atoms with Crippen LogP contribution >= 0.6 is 0 Å². The molecule has 0 aliphatic carbocycles. The molecule has 2 fully saturated rings. The SMILES string of the molecule is COc1ccc(C(=O)N2CCC3(CC2)OCC(C(=O)NCCN(C)C)N3C(=O)c2ccc(OC)cc2)cc1. The lowest BCUT2D eigenvalue weighted by Gasteiger charge is -2.44. The van der Waals surface area contributed by atoms with Crippen LogP contribution in [0.2, 0.25) is 0 Å². The van der Waals surface area contributed by atoms with Crippen LogP contribution in [0.15, 0.2) is 48.5 Å². The summed E-state index contributed by atoms with van der Waals surface area (Å²) in [6.07, 6.45) is 0.802. The molecule has 0 aromatic heterocycles. The van der Waals surface area contributed by atoms with Crippen LogP contribution in [0.4, 0.5) is 0 Å². The van der Waals surface area contributed by atoms with Crippen LogP contribution in [0.1, 0.15) is 33.6 Å². The smallest absolute Gasteiger partial charge is 0.256 e. The molecule has 4 rings (SSSR count). The van der Waals surface area contributed by atoms with Crippen LogP contribution in [0.25, 0.3) is 0 Å². The molecule has 2 saturated heterocycles. The van der Waals surface area contributed by atoms with Gasteiger partial charge in [0.25, 0.3) is 11.8 Å². The standard InChI is InChI=1S/C28H36N4O6/c1-30(2)18-15-29-25(33)24-19-38-28(32(24)27(35)21-7-11-23(37-4)12-8-21)13-16-31(17-14-28)26(34)20-5-9-22(36-3)10-6-20/h5-12,24H,13-19H2,1-4H3,(H,29,33). The van der Waals surface area contributed by atoms with E-state index in [4.69, 9.17) is 14.2 Å². The molecule has 10 nitrogen and oxygen atoms in total. The number of hydrogen-bond acceptors (Lipinski definition) is 7. The van der Waals surface area contributed by atoms with Crippen LogP contribution in [0.3, 0.4) is 0 Å². The van der Waals surface area contributed by atoms with Gasteiger partial charge in [-0.1, -0.05) is 0 Å². The zero-order valence-electron chi connectivity index (χ0n) is 22.4. The minimum absolute atomic E-state index is 0.0912. The van der Waals surface area contributed by atoms with Crippen molar-refractivity contribution in [3.05, 3.63) is 59.7 Å². The number of carbonyl (C=O) groups is 3. The van der Waals surface area contributed by atoms with Crippen molar-refractivity contribution in [2.45, 2.75) is 24.6 Å². The van der Waals surface area contributed by atoms with E-state index in [1.165, 1.54) is 0 Å². The number of methoxy groups -OCH3 is 2. The lowest BCUT2D eigenvalue weighted by Crippen LogP contribution is -2.60. The Bertz CT molecular complexity index is 1130. The molecule has 0 radical (unpaired) electrons. The molecule has 2 heterocycles. The highest BCUT2D eigenvalue weighted by molar-refractivity contribution is 5.99. The quantitative estimate of drug-likeness (QED) is 0.563. The van der Waals surface area contributed by atoms with Gasteiger partial charge in [-0.05, 0) is 62.6 Å². The first-order valence-electron chi connectivity index (χ1n) is 12.8. The second-order valence-corrected chi connectivity index (χ2v) is 9.79. The summed E-state index contributed by atoms with van der Waals surface area (Å²) in [4.78, 5) is 45.5. The normalized spacial score (nSPS) is 18.5. The van der Waals surface area contributed by atoms with Gasteiger partial charge in [0.05, 0.1) is 20.8 Å². The van der Waals surface area contributed by atoms with Gasteiger partial charge in [0.1, 0.15) is 23.3 Å². The van der Waals surface area contributed by atoms with E-state index in [1.54, 1.807) is 72.6 Å². The molecular formula is C28H36N4O6. The first-order chi connectivity index (χ1) is 18.3.